The Morgan fingerprint density at radius 1 is 1.35 bits per heavy atom. The number of alkyl halides is 1. The molecule has 0 saturated heterocycles. The third-order valence-corrected chi connectivity index (χ3v) is 5.26. The summed E-state index contributed by atoms with van der Waals surface area (Å²) in [6.45, 7) is 7.55. The average Bonchev–Trinajstić information content (AvgIpc) is 2.26. The van der Waals surface area contributed by atoms with Crippen LogP contribution in [0.1, 0.15) is 32.8 Å². The van der Waals surface area contributed by atoms with Gasteiger partial charge in [-0.1, -0.05) is 36.7 Å². The van der Waals surface area contributed by atoms with Crippen molar-refractivity contribution >= 4 is 26.0 Å². The number of halogens is 2. The summed E-state index contributed by atoms with van der Waals surface area (Å²) >= 11 is 3.35. The van der Waals surface area contributed by atoms with Crippen LogP contribution in [0.2, 0.25) is 0 Å². The van der Waals surface area contributed by atoms with E-state index in [9.17, 15) is 12.8 Å². The van der Waals surface area contributed by atoms with Crippen LogP contribution in [0.4, 0.5) is 4.39 Å². The minimum Gasteiger partial charge on any atom is -0.208 e. The molecule has 1 unspecified atom stereocenters. The van der Waals surface area contributed by atoms with Gasteiger partial charge < -0.3 is 0 Å². The number of benzene rings is 1. The Balaban J connectivity index is 3.10. The molecule has 20 heavy (non-hydrogen) atoms. The van der Waals surface area contributed by atoms with Crippen molar-refractivity contribution in [3.8, 4) is 0 Å². The summed E-state index contributed by atoms with van der Waals surface area (Å²) in [5, 5.41) is 0.708. The van der Waals surface area contributed by atoms with E-state index in [-0.39, 0.29) is 16.4 Å². The van der Waals surface area contributed by atoms with Gasteiger partial charge >= 0.3 is 0 Å². The van der Waals surface area contributed by atoms with Gasteiger partial charge in [-0.2, -0.15) is 0 Å². The van der Waals surface area contributed by atoms with Gasteiger partial charge in [-0.3, -0.25) is 0 Å². The smallest absolute Gasteiger partial charge is 0.208 e. The molecule has 0 radical (unpaired) electrons. The van der Waals surface area contributed by atoms with E-state index in [1.165, 1.54) is 12.1 Å². The van der Waals surface area contributed by atoms with Crippen molar-refractivity contribution in [2.24, 2.45) is 5.41 Å². The molecule has 114 valence electrons. The number of hydrogen-bond donors (Lipinski definition) is 1. The summed E-state index contributed by atoms with van der Waals surface area (Å²) in [4.78, 5) is 0.128. The molecule has 0 fully saturated rings. The predicted octanol–water partition coefficient (Wildman–Crippen LogP) is 3.61. The van der Waals surface area contributed by atoms with Gasteiger partial charge in [-0.25, -0.2) is 17.5 Å². The van der Waals surface area contributed by atoms with E-state index in [1.54, 1.807) is 6.92 Å². The standard InChI is InChI=1S/C14H21BrFNO2S/c1-10-9-11(16)5-6-12(10)20(18,19)17-13(7-8-15)14(2,3)4/h5-6,9,13,17H,7-8H2,1-4H3. The highest BCUT2D eigenvalue weighted by Crippen LogP contribution is 2.25. The van der Waals surface area contributed by atoms with E-state index in [2.05, 4.69) is 20.7 Å². The first-order valence-electron chi connectivity index (χ1n) is 6.42. The van der Waals surface area contributed by atoms with Crippen molar-refractivity contribution in [2.45, 2.75) is 45.1 Å². The van der Waals surface area contributed by atoms with Crippen LogP contribution in [0.5, 0.6) is 0 Å². The van der Waals surface area contributed by atoms with E-state index < -0.39 is 15.8 Å². The molecule has 1 aromatic rings. The molecule has 1 atom stereocenters. The molecule has 0 aliphatic rings. The number of hydrogen-bond acceptors (Lipinski definition) is 2. The highest BCUT2D eigenvalue weighted by Gasteiger charge is 2.29. The first-order chi connectivity index (χ1) is 9.08. The maximum absolute atomic E-state index is 13.1. The first kappa shape index (κ1) is 17.6. The first-order valence-corrected chi connectivity index (χ1v) is 9.03. The van der Waals surface area contributed by atoms with Crippen molar-refractivity contribution in [2.75, 3.05) is 5.33 Å². The number of nitrogens with one attached hydrogen (secondary N) is 1. The zero-order valence-corrected chi connectivity index (χ0v) is 14.6. The monoisotopic (exact) mass is 365 g/mol. The fourth-order valence-electron chi connectivity index (χ4n) is 1.94. The third kappa shape index (κ3) is 4.53. The zero-order chi connectivity index (χ0) is 15.6. The number of aryl methyl sites for hydroxylation is 1. The van der Waals surface area contributed by atoms with Gasteiger partial charge in [0.2, 0.25) is 10.0 Å². The Morgan fingerprint density at radius 2 is 1.95 bits per heavy atom. The van der Waals surface area contributed by atoms with Crippen molar-refractivity contribution < 1.29 is 12.8 Å². The van der Waals surface area contributed by atoms with E-state index >= 15 is 0 Å². The normalized spacial score (nSPS) is 14.3. The molecule has 0 spiro atoms. The summed E-state index contributed by atoms with van der Waals surface area (Å²) in [5.74, 6) is -0.436. The Hall–Kier alpha value is -0.460. The second kappa shape index (κ2) is 6.54. The summed E-state index contributed by atoms with van der Waals surface area (Å²) in [6.07, 6.45) is 0.684. The van der Waals surface area contributed by atoms with Gasteiger partial charge in [-0.15, -0.1) is 0 Å². The maximum Gasteiger partial charge on any atom is 0.241 e. The van der Waals surface area contributed by atoms with Crippen LogP contribution < -0.4 is 4.72 Å². The lowest BCUT2D eigenvalue weighted by Gasteiger charge is -2.31. The fourth-order valence-corrected chi connectivity index (χ4v) is 4.10. The van der Waals surface area contributed by atoms with Crippen LogP contribution in [0, 0.1) is 18.2 Å². The van der Waals surface area contributed by atoms with Crippen LogP contribution in [-0.4, -0.2) is 19.8 Å². The van der Waals surface area contributed by atoms with E-state index in [1.807, 2.05) is 20.8 Å². The molecule has 0 amide bonds. The molecular weight excluding hydrogens is 345 g/mol. The number of rotatable bonds is 5. The van der Waals surface area contributed by atoms with E-state index in [0.29, 0.717) is 17.3 Å². The zero-order valence-electron chi connectivity index (χ0n) is 12.2. The minimum absolute atomic E-state index is 0.128. The Morgan fingerprint density at radius 3 is 2.40 bits per heavy atom. The Bertz CT molecular complexity index is 567. The van der Waals surface area contributed by atoms with Crippen molar-refractivity contribution in [1.82, 2.24) is 4.72 Å². The van der Waals surface area contributed by atoms with E-state index in [4.69, 9.17) is 0 Å². The van der Waals surface area contributed by atoms with Gasteiger partial charge in [0, 0.05) is 11.4 Å². The van der Waals surface area contributed by atoms with Crippen molar-refractivity contribution in [3.63, 3.8) is 0 Å². The van der Waals surface area contributed by atoms with Gasteiger partial charge in [-0.05, 0) is 42.5 Å². The summed E-state index contributed by atoms with van der Waals surface area (Å²) in [5.41, 5.74) is 0.207. The second-order valence-corrected chi connectivity index (χ2v) is 8.40. The van der Waals surface area contributed by atoms with Crippen LogP contribution >= 0.6 is 15.9 Å². The topological polar surface area (TPSA) is 46.2 Å². The van der Waals surface area contributed by atoms with Crippen LogP contribution in [0.25, 0.3) is 0 Å². The van der Waals surface area contributed by atoms with Gasteiger partial charge in [0.25, 0.3) is 0 Å². The molecule has 0 aliphatic carbocycles. The molecule has 1 rings (SSSR count). The third-order valence-electron chi connectivity index (χ3n) is 3.17. The highest BCUT2D eigenvalue weighted by molar-refractivity contribution is 9.09. The largest absolute Gasteiger partial charge is 0.241 e. The fraction of sp³-hybridized carbons (Fsp3) is 0.571. The Kier molecular flexibility index (Phi) is 5.75. The lowest BCUT2D eigenvalue weighted by atomic mass is 9.86. The molecule has 6 heteroatoms. The Labute approximate surface area is 129 Å². The lowest BCUT2D eigenvalue weighted by molar-refractivity contribution is 0.293. The van der Waals surface area contributed by atoms with Gasteiger partial charge in [0.1, 0.15) is 5.82 Å². The molecule has 0 aromatic heterocycles. The molecule has 0 aliphatic heterocycles. The van der Waals surface area contributed by atoms with Crippen molar-refractivity contribution in [1.29, 1.82) is 0 Å². The molecule has 1 aromatic carbocycles. The SMILES string of the molecule is Cc1cc(F)ccc1S(=O)(=O)NC(CCBr)C(C)(C)C. The average molecular weight is 366 g/mol. The maximum atomic E-state index is 13.1. The summed E-state index contributed by atoms with van der Waals surface area (Å²) < 4.78 is 40.7. The highest BCUT2D eigenvalue weighted by atomic mass is 79.9. The quantitative estimate of drug-likeness (QED) is 0.810. The van der Waals surface area contributed by atoms with Crippen LogP contribution in [0.3, 0.4) is 0 Å². The van der Waals surface area contributed by atoms with Crippen molar-refractivity contribution in [3.05, 3.63) is 29.6 Å². The lowest BCUT2D eigenvalue weighted by Crippen LogP contribution is -2.44. The van der Waals surface area contributed by atoms with E-state index in [0.717, 1.165) is 6.07 Å². The summed E-state index contributed by atoms with van der Waals surface area (Å²) in [7, 11) is -3.65. The molecule has 0 heterocycles. The number of sulfonamides is 1. The predicted molar refractivity (Wildman–Crippen MR) is 83.1 cm³/mol. The summed E-state index contributed by atoms with van der Waals surface area (Å²) in [6, 6.07) is 3.50. The van der Waals surface area contributed by atoms with Crippen LogP contribution in [-0.2, 0) is 10.0 Å². The van der Waals surface area contributed by atoms with Gasteiger partial charge in [0.05, 0.1) is 4.90 Å². The minimum atomic E-state index is -3.65. The molecule has 3 nitrogen and oxygen atoms in total. The molecular formula is C14H21BrFNO2S. The van der Waals surface area contributed by atoms with Gasteiger partial charge in [0.15, 0.2) is 0 Å². The second-order valence-electron chi connectivity index (χ2n) is 5.93. The molecule has 0 saturated carbocycles. The molecule has 0 bridgehead atoms. The van der Waals surface area contributed by atoms with Crippen LogP contribution in [0.15, 0.2) is 23.1 Å². The molecule has 1 N–H and O–H groups in total.